The fourth-order valence-corrected chi connectivity index (χ4v) is 2.53. The third-order valence-corrected chi connectivity index (χ3v) is 3.63. The molecule has 0 fully saturated rings. The van der Waals surface area contributed by atoms with Crippen molar-refractivity contribution in [2.45, 2.75) is 6.18 Å². The van der Waals surface area contributed by atoms with E-state index >= 15 is 0 Å². The highest BCUT2D eigenvalue weighted by molar-refractivity contribution is 7.16. The van der Waals surface area contributed by atoms with Crippen LogP contribution >= 0.6 is 11.3 Å². The maximum absolute atomic E-state index is 12.7. The Bertz CT molecular complexity index is 797. The quantitative estimate of drug-likeness (QED) is 0.750. The van der Waals surface area contributed by atoms with E-state index in [2.05, 4.69) is 15.3 Å². The normalized spacial score (nSPS) is 11.8. The number of halogens is 3. The summed E-state index contributed by atoms with van der Waals surface area (Å²) in [4.78, 5) is 7.43. The molecule has 0 saturated carbocycles. The van der Waals surface area contributed by atoms with Crippen molar-refractivity contribution in [3.8, 4) is 0 Å². The average molecular weight is 310 g/mol. The smallest absolute Gasteiger partial charge is 0.396 e. The summed E-state index contributed by atoms with van der Waals surface area (Å²) in [5.41, 5.74) is 8.18. The first-order valence-corrected chi connectivity index (χ1v) is 6.74. The zero-order valence-corrected chi connectivity index (χ0v) is 11.3. The first-order chi connectivity index (χ1) is 9.93. The molecule has 0 amide bonds. The lowest BCUT2D eigenvalue weighted by Gasteiger charge is -2.12. The van der Waals surface area contributed by atoms with Crippen molar-refractivity contribution in [3.05, 3.63) is 41.7 Å². The van der Waals surface area contributed by atoms with E-state index in [4.69, 9.17) is 5.73 Å². The minimum absolute atomic E-state index is 0.146. The van der Waals surface area contributed by atoms with Gasteiger partial charge in [-0.25, -0.2) is 9.97 Å². The number of anilines is 3. The maximum Gasteiger partial charge on any atom is 0.433 e. The van der Waals surface area contributed by atoms with E-state index in [1.165, 1.54) is 11.3 Å². The Kier molecular flexibility index (Phi) is 3.17. The van der Waals surface area contributed by atoms with E-state index < -0.39 is 11.9 Å². The lowest BCUT2D eigenvalue weighted by Crippen LogP contribution is -2.09. The van der Waals surface area contributed by atoms with Gasteiger partial charge >= 0.3 is 6.18 Å². The maximum atomic E-state index is 12.7. The highest BCUT2D eigenvalue weighted by atomic mass is 32.1. The van der Waals surface area contributed by atoms with Crippen molar-refractivity contribution < 1.29 is 13.2 Å². The van der Waals surface area contributed by atoms with Gasteiger partial charge in [0.15, 0.2) is 0 Å². The molecule has 0 bridgehead atoms. The van der Waals surface area contributed by atoms with E-state index in [1.807, 2.05) is 0 Å². The van der Waals surface area contributed by atoms with E-state index in [9.17, 15) is 13.2 Å². The van der Waals surface area contributed by atoms with Crippen LogP contribution in [0.4, 0.5) is 30.2 Å². The molecule has 0 aliphatic carbocycles. The average Bonchev–Trinajstić information content (AvgIpc) is 2.87. The summed E-state index contributed by atoms with van der Waals surface area (Å²) in [5, 5.41) is 2.88. The number of fused-ring (bicyclic) bond motifs is 1. The number of nitrogens with two attached hydrogens (primary N) is 1. The molecular weight excluding hydrogens is 301 g/mol. The molecule has 3 rings (SSSR count). The summed E-state index contributed by atoms with van der Waals surface area (Å²) in [5.74, 6) is 0. The number of thiazole rings is 1. The number of nitrogens with one attached hydrogen (secondary N) is 1. The largest absolute Gasteiger partial charge is 0.433 e. The van der Waals surface area contributed by atoms with Crippen LogP contribution in [-0.2, 0) is 6.18 Å². The van der Waals surface area contributed by atoms with Gasteiger partial charge in [-0.2, -0.15) is 13.2 Å². The van der Waals surface area contributed by atoms with Gasteiger partial charge in [0.2, 0.25) is 0 Å². The fourth-order valence-electron chi connectivity index (χ4n) is 1.82. The Hall–Kier alpha value is -2.35. The lowest BCUT2D eigenvalue weighted by atomic mass is 10.2. The van der Waals surface area contributed by atoms with Crippen LogP contribution in [0.15, 0.2) is 36.0 Å². The van der Waals surface area contributed by atoms with Crippen LogP contribution in [0, 0.1) is 0 Å². The molecule has 0 aliphatic heterocycles. The molecule has 0 saturated heterocycles. The molecule has 0 radical (unpaired) electrons. The molecule has 8 heteroatoms. The monoisotopic (exact) mass is 310 g/mol. The van der Waals surface area contributed by atoms with Crippen LogP contribution in [0.5, 0.6) is 0 Å². The van der Waals surface area contributed by atoms with Crippen molar-refractivity contribution >= 4 is 38.6 Å². The Morgan fingerprint density at radius 2 is 1.95 bits per heavy atom. The number of hydrogen-bond donors (Lipinski definition) is 2. The first kappa shape index (κ1) is 13.6. The zero-order valence-electron chi connectivity index (χ0n) is 10.5. The third-order valence-electron chi connectivity index (χ3n) is 2.84. The molecule has 2 heterocycles. The minimum atomic E-state index is -4.51. The lowest BCUT2D eigenvalue weighted by molar-refractivity contribution is -0.141. The number of alkyl halides is 3. The van der Waals surface area contributed by atoms with Crippen LogP contribution in [0.2, 0.25) is 0 Å². The van der Waals surface area contributed by atoms with Crippen LogP contribution in [0.25, 0.3) is 10.2 Å². The van der Waals surface area contributed by atoms with Gasteiger partial charge in [0.1, 0.15) is 5.69 Å². The molecule has 21 heavy (non-hydrogen) atoms. The number of benzene rings is 1. The molecule has 0 aliphatic rings. The number of pyridine rings is 1. The Morgan fingerprint density at radius 1 is 1.14 bits per heavy atom. The number of hydrogen-bond acceptors (Lipinski definition) is 5. The molecule has 1 aromatic carbocycles. The summed E-state index contributed by atoms with van der Waals surface area (Å²) in [6.45, 7) is 0. The predicted octanol–water partition coefficient (Wildman–Crippen LogP) is 4.04. The molecule has 0 spiro atoms. The van der Waals surface area contributed by atoms with Crippen LogP contribution < -0.4 is 11.1 Å². The highest BCUT2D eigenvalue weighted by Crippen LogP contribution is 2.33. The van der Waals surface area contributed by atoms with Crippen molar-refractivity contribution in [3.63, 3.8) is 0 Å². The minimum Gasteiger partial charge on any atom is -0.396 e. The van der Waals surface area contributed by atoms with Crippen LogP contribution in [0.3, 0.4) is 0 Å². The summed E-state index contributed by atoms with van der Waals surface area (Å²) >= 11 is 1.45. The van der Waals surface area contributed by atoms with E-state index in [0.29, 0.717) is 5.69 Å². The van der Waals surface area contributed by atoms with E-state index in [1.54, 1.807) is 23.7 Å². The van der Waals surface area contributed by atoms with Gasteiger partial charge in [0.25, 0.3) is 0 Å². The van der Waals surface area contributed by atoms with Crippen molar-refractivity contribution in [2.24, 2.45) is 0 Å². The first-order valence-electron chi connectivity index (χ1n) is 5.86. The highest BCUT2D eigenvalue weighted by Gasteiger charge is 2.32. The van der Waals surface area contributed by atoms with Gasteiger partial charge in [-0.05, 0) is 24.3 Å². The molecule has 0 atom stereocenters. The van der Waals surface area contributed by atoms with Gasteiger partial charge in [-0.3, -0.25) is 0 Å². The van der Waals surface area contributed by atoms with Crippen molar-refractivity contribution in [1.29, 1.82) is 0 Å². The second-order valence-corrected chi connectivity index (χ2v) is 5.20. The van der Waals surface area contributed by atoms with E-state index in [0.717, 1.165) is 22.5 Å². The number of rotatable bonds is 2. The summed E-state index contributed by atoms with van der Waals surface area (Å²) in [6, 6.07) is 6.22. The molecular formula is C13H9F3N4S. The number of nitrogens with zero attached hydrogens (tertiary/aromatic N) is 2. The SMILES string of the molecule is Nc1cnc(C(F)(F)F)cc1Nc1ccc2ncsc2c1. The molecule has 2 aromatic heterocycles. The van der Waals surface area contributed by atoms with Crippen LogP contribution in [-0.4, -0.2) is 9.97 Å². The van der Waals surface area contributed by atoms with Gasteiger partial charge in [0, 0.05) is 5.69 Å². The summed E-state index contributed by atoms with van der Waals surface area (Å²) in [6.07, 6.45) is -3.51. The second-order valence-electron chi connectivity index (χ2n) is 4.31. The van der Waals surface area contributed by atoms with Gasteiger partial charge in [0.05, 0.1) is 33.3 Å². The van der Waals surface area contributed by atoms with Crippen molar-refractivity contribution in [2.75, 3.05) is 11.1 Å². The van der Waals surface area contributed by atoms with Gasteiger partial charge in [-0.1, -0.05) is 0 Å². The molecule has 3 N–H and O–H groups in total. The molecule has 108 valence electrons. The Labute approximate surface area is 121 Å². The molecule has 0 unspecified atom stereocenters. The number of aromatic nitrogens is 2. The Balaban J connectivity index is 1.96. The Morgan fingerprint density at radius 3 is 2.71 bits per heavy atom. The zero-order chi connectivity index (χ0) is 15.0. The standard InChI is InChI=1S/C13H9F3N4S/c14-13(15,16)12-4-10(8(17)5-18-12)20-7-1-2-9-11(3-7)21-6-19-9/h1-6H,17H2,(H,18,20). The number of nitrogen functional groups attached to an aromatic ring is 1. The predicted molar refractivity (Wildman–Crippen MR) is 76.6 cm³/mol. The second kappa shape index (κ2) is 4.88. The van der Waals surface area contributed by atoms with Gasteiger partial charge < -0.3 is 11.1 Å². The third kappa shape index (κ3) is 2.75. The molecule has 4 nitrogen and oxygen atoms in total. The topological polar surface area (TPSA) is 63.8 Å². The fraction of sp³-hybridized carbons (Fsp3) is 0.0769. The van der Waals surface area contributed by atoms with Gasteiger partial charge in [-0.15, -0.1) is 11.3 Å². The van der Waals surface area contributed by atoms with Crippen molar-refractivity contribution in [1.82, 2.24) is 9.97 Å². The summed E-state index contributed by atoms with van der Waals surface area (Å²) < 4.78 is 38.9. The van der Waals surface area contributed by atoms with E-state index in [-0.39, 0.29) is 11.4 Å². The molecule has 3 aromatic rings. The summed E-state index contributed by atoms with van der Waals surface area (Å²) in [7, 11) is 0. The van der Waals surface area contributed by atoms with Crippen LogP contribution in [0.1, 0.15) is 5.69 Å².